The lowest BCUT2D eigenvalue weighted by atomic mass is 10.1. The van der Waals surface area contributed by atoms with Crippen molar-refractivity contribution in [3.63, 3.8) is 0 Å². The van der Waals surface area contributed by atoms with E-state index in [2.05, 4.69) is 58.4 Å². The fourth-order valence-electron chi connectivity index (χ4n) is 11.6. The van der Waals surface area contributed by atoms with Crippen LogP contribution in [0.15, 0.2) is 18.7 Å². The van der Waals surface area contributed by atoms with E-state index in [4.69, 9.17) is 33.9 Å². The zero-order chi connectivity index (χ0) is 66.8. The molecule has 0 fully saturated rings. The minimum Gasteiger partial charge on any atom is -0.466 e. The Labute approximate surface area is 567 Å². The van der Waals surface area contributed by atoms with E-state index < -0.39 is 0 Å². The molecular weight excluding hydrogens is 1170 g/mol. The van der Waals surface area contributed by atoms with Crippen molar-refractivity contribution >= 4 is 41.7 Å². The Bertz CT molecular complexity index is 1800. The number of unbranched alkanes of at least 4 members (excludes halogenated alkanes) is 36. The summed E-state index contributed by atoms with van der Waals surface area (Å²) in [7, 11) is 0. The van der Waals surface area contributed by atoms with E-state index in [9.17, 15) is 19.2 Å². The Kier molecular flexibility index (Phi) is 58.8. The average molecular weight is 1310 g/mol. The first-order valence-corrected chi connectivity index (χ1v) is 38.8. The summed E-state index contributed by atoms with van der Waals surface area (Å²) >= 11 is 0. The molecule has 2 aromatic heterocycles. The monoisotopic (exact) mass is 1310 g/mol. The van der Waals surface area contributed by atoms with Gasteiger partial charge in [0.15, 0.2) is 0 Å². The largest absolute Gasteiger partial charge is 0.466 e. The SMILES string of the molecule is CCCCCCCCCCCCOC(=O)CCN(CCCNc1nc(NCCCN(CCC(=O)OCCCCCCCCCCCC)CCC(=O)OCCCCCCCCCCCC)nc(NCCCn2ccnc2)n1)CCC(=O)OCCCCCCCCCCCC. The number of imidazole rings is 1. The van der Waals surface area contributed by atoms with Gasteiger partial charge in [0, 0.05) is 64.8 Å². The van der Waals surface area contributed by atoms with Crippen LogP contribution in [0.5, 0.6) is 0 Å². The Morgan fingerprint density at radius 1 is 0.333 bits per heavy atom. The number of anilines is 3. The van der Waals surface area contributed by atoms with Crippen LogP contribution in [0.4, 0.5) is 17.8 Å². The zero-order valence-corrected chi connectivity index (χ0v) is 60.3. The van der Waals surface area contributed by atoms with Gasteiger partial charge in [-0.1, -0.05) is 259 Å². The summed E-state index contributed by atoms with van der Waals surface area (Å²) in [5, 5.41) is 10.3. The topological polar surface area (TPSA) is 204 Å². The number of nitrogens with one attached hydrogen (secondary N) is 3. The molecule has 0 spiro atoms. The van der Waals surface area contributed by atoms with Gasteiger partial charge in [0.25, 0.3) is 0 Å². The first-order valence-electron chi connectivity index (χ1n) is 38.8. The van der Waals surface area contributed by atoms with Crippen LogP contribution in [0.25, 0.3) is 0 Å². The third-order valence-electron chi connectivity index (χ3n) is 17.5. The minimum absolute atomic E-state index is 0.204. The van der Waals surface area contributed by atoms with E-state index in [0.29, 0.717) is 116 Å². The van der Waals surface area contributed by atoms with Crippen molar-refractivity contribution in [1.82, 2.24) is 34.3 Å². The fourth-order valence-corrected chi connectivity index (χ4v) is 11.6. The van der Waals surface area contributed by atoms with Gasteiger partial charge in [0.1, 0.15) is 0 Å². The summed E-state index contributed by atoms with van der Waals surface area (Å²) in [6, 6.07) is 0. The molecule has 0 aliphatic rings. The molecule has 0 aliphatic heterocycles. The van der Waals surface area contributed by atoms with Gasteiger partial charge in [-0.25, -0.2) is 4.98 Å². The number of hydrogen-bond donors (Lipinski definition) is 3. The molecule has 2 aromatic rings. The van der Waals surface area contributed by atoms with Gasteiger partial charge in [-0.15, -0.1) is 0 Å². The summed E-state index contributed by atoms with van der Waals surface area (Å²) in [5.41, 5.74) is 0. The predicted octanol–water partition coefficient (Wildman–Crippen LogP) is 18.2. The van der Waals surface area contributed by atoms with E-state index in [-0.39, 0.29) is 49.6 Å². The van der Waals surface area contributed by atoms with Crippen LogP contribution in [-0.2, 0) is 44.7 Å². The van der Waals surface area contributed by atoms with Gasteiger partial charge < -0.3 is 49.3 Å². The van der Waals surface area contributed by atoms with E-state index in [0.717, 1.165) is 64.3 Å². The van der Waals surface area contributed by atoms with Gasteiger partial charge in [-0.2, -0.15) is 15.0 Å². The van der Waals surface area contributed by atoms with Crippen molar-refractivity contribution in [2.24, 2.45) is 0 Å². The molecule has 538 valence electrons. The highest BCUT2D eigenvalue weighted by Crippen LogP contribution is 2.17. The van der Waals surface area contributed by atoms with E-state index in [1.54, 1.807) is 6.20 Å². The lowest BCUT2D eigenvalue weighted by Gasteiger charge is -2.22. The molecule has 0 atom stereocenters. The first kappa shape index (κ1) is 84.5. The molecule has 0 aromatic carbocycles. The number of carbonyl (C=O) groups is 4. The van der Waals surface area contributed by atoms with Crippen LogP contribution in [0.2, 0.25) is 0 Å². The quantitative estimate of drug-likeness (QED) is 0.0320. The minimum atomic E-state index is -0.204. The second-order valence-corrected chi connectivity index (χ2v) is 26.2. The molecular formula is C75H140N10O8. The number of carbonyl (C=O) groups excluding carboxylic acids is 4. The number of nitrogens with zero attached hydrogens (tertiary/aromatic N) is 7. The van der Waals surface area contributed by atoms with Gasteiger partial charge >= 0.3 is 23.9 Å². The van der Waals surface area contributed by atoms with Gasteiger partial charge in [-0.05, 0) is 58.0 Å². The number of ether oxygens (including phenoxy) is 4. The highest BCUT2D eigenvalue weighted by molar-refractivity contribution is 5.71. The molecule has 0 amide bonds. The Balaban J connectivity index is 2.03. The van der Waals surface area contributed by atoms with Crippen molar-refractivity contribution < 1.29 is 38.1 Å². The number of rotatable bonds is 71. The average Bonchev–Trinajstić information content (AvgIpc) is 2.83. The smallest absolute Gasteiger partial charge is 0.307 e. The van der Waals surface area contributed by atoms with Crippen LogP contribution >= 0.6 is 0 Å². The van der Waals surface area contributed by atoms with Gasteiger partial charge in [0.2, 0.25) is 17.8 Å². The molecule has 0 radical (unpaired) electrons. The van der Waals surface area contributed by atoms with Crippen LogP contribution in [0.1, 0.15) is 329 Å². The lowest BCUT2D eigenvalue weighted by molar-refractivity contribution is -0.146. The molecule has 0 bridgehead atoms. The van der Waals surface area contributed by atoms with Crippen LogP contribution in [-0.4, -0.2) is 144 Å². The van der Waals surface area contributed by atoms with Crippen molar-refractivity contribution in [3.05, 3.63) is 18.7 Å². The van der Waals surface area contributed by atoms with Crippen molar-refractivity contribution in [3.8, 4) is 0 Å². The predicted molar refractivity (Wildman–Crippen MR) is 384 cm³/mol. The number of esters is 4. The van der Waals surface area contributed by atoms with E-state index >= 15 is 0 Å². The summed E-state index contributed by atoms with van der Waals surface area (Å²) in [4.78, 5) is 74.8. The van der Waals surface area contributed by atoms with Crippen molar-refractivity contribution in [1.29, 1.82) is 0 Å². The number of aromatic nitrogens is 5. The Hall–Kier alpha value is -4.58. The second-order valence-electron chi connectivity index (χ2n) is 26.2. The van der Waals surface area contributed by atoms with Crippen LogP contribution in [0.3, 0.4) is 0 Å². The number of aryl methyl sites for hydroxylation is 1. The van der Waals surface area contributed by atoms with Crippen molar-refractivity contribution in [2.45, 2.75) is 336 Å². The van der Waals surface area contributed by atoms with E-state index in [1.165, 1.54) is 205 Å². The molecule has 3 N–H and O–H groups in total. The first-order chi connectivity index (χ1) is 45.8. The van der Waals surface area contributed by atoms with Gasteiger partial charge in [-0.3, -0.25) is 19.2 Å². The zero-order valence-electron chi connectivity index (χ0n) is 60.3. The Morgan fingerprint density at radius 3 is 0.828 bits per heavy atom. The molecule has 93 heavy (non-hydrogen) atoms. The maximum Gasteiger partial charge on any atom is 0.307 e. The summed E-state index contributed by atoms with van der Waals surface area (Å²) < 4.78 is 24.8. The molecule has 2 rings (SSSR count). The molecule has 2 heterocycles. The fraction of sp³-hybridized carbons (Fsp3) is 0.867. The molecule has 18 heteroatoms. The molecule has 0 saturated carbocycles. The third-order valence-corrected chi connectivity index (χ3v) is 17.5. The summed E-state index contributed by atoms with van der Waals surface area (Å²) in [6.07, 6.45) is 57.8. The highest BCUT2D eigenvalue weighted by Gasteiger charge is 2.16. The van der Waals surface area contributed by atoms with Crippen LogP contribution in [0, 0.1) is 0 Å². The molecule has 0 aliphatic carbocycles. The summed E-state index contributed by atoms with van der Waals surface area (Å²) in [6.45, 7) is 16.6. The van der Waals surface area contributed by atoms with Crippen molar-refractivity contribution in [2.75, 3.05) is 101 Å². The normalized spacial score (nSPS) is 11.4. The molecule has 0 saturated heterocycles. The maximum atomic E-state index is 13.0. The summed E-state index contributed by atoms with van der Waals surface area (Å²) in [5.74, 6) is 0.488. The molecule has 0 unspecified atom stereocenters. The second kappa shape index (κ2) is 64.7. The third kappa shape index (κ3) is 55.3. The number of hydrogen-bond acceptors (Lipinski definition) is 17. The van der Waals surface area contributed by atoms with E-state index in [1.807, 2.05) is 17.1 Å². The standard InChI is InChI=1S/C75H140N10O8/c1-5-9-13-17-21-25-29-33-37-41-64-90-69(86)48-59-83(60-49-70(87)91-65-42-38-34-30-26-22-18-14-10-6-2)56-45-52-77-73-80-74(82-75(81-73)79-54-47-58-85-63-55-76-68-85)78-53-46-57-84(61-50-71(88)92-66-43-39-35-31-27-23-19-15-11-7-3)62-51-72(89)93-67-44-40-36-32-28-24-20-16-12-8-4/h55,63,68H,5-54,56-62,64-67H2,1-4H3,(H3,77,78,79,80,81,82). The molecule has 18 nitrogen and oxygen atoms in total. The lowest BCUT2D eigenvalue weighted by Crippen LogP contribution is -2.32. The van der Waals surface area contributed by atoms with Crippen LogP contribution < -0.4 is 16.0 Å². The highest BCUT2D eigenvalue weighted by atomic mass is 16.5. The Morgan fingerprint density at radius 2 is 0.581 bits per heavy atom. The van der Waals surface area contributed by atoms with Gasteiger partial charge in [0.05, 0.1) is 58.4 Å². The maximum absolute atomic E-state index is 13.0.